The summed E-state index contributed by atoms with van der Waals surface area (Å²) in [7, 11) is 0. The number of hydrogen-bond acceptors (Lipinski definition) is 5. The zero-order valence-corrected chi connectivity index (χ0v) is 16.7. The van der Waals surface area contributed by atoms with E-state index >= 15 is 0 Å². The Morgan fingerprint density at radius 1 is 1.30 bits per heavy atom. The zero-order valence-electron chi connectivity index (χ0n) is 16.7. The summed E-state index contributed by atoms with van der Waals surface area (Å²) in [6.07, 6.45) is 9.21. The molecular weight excluding hydrogens is 338 g/mol. The number of allylic oxidation sites excluding steroid dienone is 2. The Morgan fingerprint density at radius 2 is 2.11 bits per heavy atom. The molecule has 0 aromatic heterocycles. The van der Waals surface area contributed by atoms with Crippen molar-refractivity contribution in [2.75, 3.05) is 13.2 Å². The summed E-state index contributed by atoms with van der Waals surface area (Å²) in [6.45, 7) is 5.59. The minimum Gasteiger partial charge on any atom is -0.328 e. The van der Waals surface area contributed by atoms with Crippen LogP contribution in [-0.2, 0) is 9.63 Å². The summed E-state index contributed by atoms with van der Waals surface area (Å²) in [6, 6.07) is 2.63. The van der Waals surface area contributed by atoms with Crippen molar-refractivity contribution in [1.82, 2.24) is 5.48 Å². The van der Waals surface area contributed by atoms with Gasteiger partial charge in [-0.05, 0) is 61.7 Å². The maximum Gasteiger partial charge on any atom is 0.139 e. The van der Waals surface area contributed by atoms with Crippen molar-refractivity contribution in [2.24, 2.45) is 46.2 Å². The van der Waals surface area contributed by atoms with Crippen molar-refractivity contribution >= 4 is 5.78 Å². The number of rotatable bonds is 4. The topological polar surface area (TPSA) is 88.1 Å². The van der Waals surface area contributed by atoms with Crippen molar-refractivity contribution in [1.29, 1.82) is 5.26 Å². The number of fused-ring (bicyclic) bond motifs is 5. The van der Waals surface area contributed by atoms with Crippen molar-refractivity contribution in [3.05, 3.63) is 11.8 Å². The maximum absolute atomic E-state index is 12.6. The van der Waals surface area contributed by atoms with Crippen LogP contribution in [0.5, 0.6) is 0 Å². The van der Waals surface area contributed by atoms with Gasteiger partial charge in [-0.1, -0.05) is 19.9 Å². The van der Waals surface area contributed by atoms with Gasteiger partial charge >= 0.3 is 0 Å². The third kappa shape index (κ3) is 2.84. The van der Waals surface area contributed by atoms with E-state index in [0.717, 1.165) is 50.6 Å². The lowest BCUT2D eigenvalue weighted by Gasteiger charge is -2.60. The Kier molecular flexibility index (Phi) is 4.84. The molecule has 0 bridgehead atoms. The SMILES string of the molecule is C[C@]12CCC(NOCCN)=CC1[C@@H](C#N)C[C@@H]1[C@@H]2CC[C@]2(C)C(=O)CC[C@@H]12. The molecule has 0 aromatic rings. The minimum absolute atomic E-state index is 0.0286. The quantitative estimate of drug-likeness (QED) is 0.585. The van der Waals surface area contributed by atoms with Gasteiger partial charge in [-0.2, -0.15) is 5.26 Å². The second-order valence-electron chi connectivity index (χ2n) is 9.73. The van der Waals surface area contributed by atoms with E-state index < -0.39 is 0 Å². The molecule has 0 aliphatic heterocycles. The van der Waals surface area contributed by atoms with E-state index in [0.29, 0.717) is 36.7 Å². The average Bonchev–Trinajstić information content (AvgIpc) is 2.96. The van der Waals surface area contributed by atoms with Crippen LogP contribution < -0.4 is 11.2 Å². The van der Waals surface area contributed by atoms with E-state index in [1.807, 2.05) is 0 Å². The van der Waals surface area contributed by atoms with Gasteiger partial charge in [-0.3, -0.25) is 15.1 Å². The first-order chi connectivity index (χ1) is 12.9. The molecule has 1 unspecified atom stereocenters. The van der Waals surface area contributed by atoms with Crippen LogP contribution in [0.25, 0.3) is 0 Å². The molecule has 3 saturated carbocycles. The predicted octanol–water partition coefficient (Wildman–Crippen LogP) is 3.32. The molecule has 3 N–H and O–H groups in total. The molecule has 7 atom stereocenters. The van der Waals surface area contributed by atoms with Gasteiger partial charge in [0.05, 0.1) is 18.6 Å². The lowest BCUT2D eigenvalue weighted by molar-refractivity contribution is -0.137. The first kappa shape index (κ1) is 19.0. The van der Waals surface area contributed by atoms with Crippen molar-refractivity contribution in [3.63, 3.8) is 0 Å². The molecule has 0 aromatic carbocycles. The largest absolute Gasteiger partial charge is 0.328 e. The van der Waals surface area contributed by atoms with Crippen molar-refractivity contribution < 1.29 is 9.63 Å². The molecule has 4 rings (SSSR count). The van der Waals surface area contributed by atoms with Crippen LogP contribution in [0.2, 0.25) is 0 Å². The van der Waals surface area contributed by atoms with Crippen LogP contribution in [0.3, 0.4) is 0 Å². The molecule has 0 spiro atoms. The summed E-state index contributed by atoms with van der Waals surface area (Å²) < 4.78 is 0. The highest BCUT2D eigenvalue weighted by Crippen LogP contribution is 2.66. The normalized spacial score (nSPS) is 45.9. The summed E-state index contributed by atoms with van der Waals surface area (Å²) in [5.74, 6) is 2.40. The van der Waals surface area contributed by atoms with Gasteiger partial charge in [0.2, 0.25) is 0 Å². The lowest BCUT2D eigenvalue weighted by Crippen LogP contribution is -2.55. The Hall–Kier alpha value is -1.38. The third-order valence-electron chi connectivity index (χ3n) is 8.62. The Balaban J connectivity index is 1.61. The molecule has 4 aliphatic rings. The van der Waals surface area contributed by atoms with Gasteiger partial charge in [0.15, 0.2) is 0 Å². The van der Waals surface area contributed by atoms with Crippen molar-refractivity contribution in [3.8, 4) is 6.07 Å². The summed E-state index contributed by atoms with van der Waals surface area (Å²) in [5.41, 5.74) is 9.68. The first-order valence-electron chi connectivity index (χ1n) is 10.7. The van der Waals surface area contributed by atoms with Gasteiger partial charge in [0.25, 0.3) is 0 Å². The van der Waals surface area contributed by atoms with Crippen LogP contribution in [0.1, 0.15) is 58.8 Å². The van der Waals surface area contributed by atoms with E-state index in [9.17, 15) is 10.1 Å². The summed E-state index contributed by atoms with van der Waals surface area (Å²) >= 11 is 0. The molecule has 27 heavy (non-hydrogen) atoms. The molecule has 0 radical (unpaired) electrons. The zero-order chi connectivity index (χ0) is 19.2. The monoisotopic (exact) mass is 371 g/mol. The van der Waals surface area contributed by atoms with Gasteiger partial charge < -0.3 is 5.73 Å². The number of Topliss-reactive ketones (excluding diaryl/α,β-unsaturated/α-hetero) is 1. The number of carbonyl (C=O) groups excluding carboxylic acids is 1. The van der Waals surface area contributed by atoms with E-state index in [1.165, 1.54) is 0 Å². The van der Waals surface area contributed by atoms with E-state index in [2.05, 4.69) is 31.5 Å². The number of nitrogens with zero attached hydrogens (tertiary/aromatic N) is 1. The van der Waals surface area contributed by atoms with Crippen LogP contribution in [0.15, 0.2) is 11.8 Å². The highest BCUT2D eigenvalue weighted by molar-refractivity contribution is 5.87. The number of nitrogens with two attached hydrogens (primary N) is 1. The Labute approximate surface area is 162 Å². The summed E-state index contributed by atoms with van der Waals surface area (Å²) in [4.78, 5) is 18.0. The third-order valence-corrected chi connectivity index (χ3v) is 8.62. The fraction of sp³-hybridized carbons (Fsp3) is 0.818. The molecule has 0 heterocycles. The molecule has 0 amide bonds. The molecular formula is C22H33N3O2. The number of hydroxylamine groups is 1. The maximum atomic E-state index is 12.6. The minimum atomic E-state index is -0.127. The number of nitriles is 1. The van der Waals surface area contributed by atoms with Crippen LogP contribution in [-0.4, -0.2) is 18.9 Å². The molecule has 4 aliphatic carbocycles. The van der Waals surface area contributed by atoms with Crippen molar-refractivity contribution in [2.45, 2.75) is 58.8 Å². The Morgan fingerprint density at radius 3 is 2.85 bits per heavy atom. The van der Waals surface area contributed by atoms with Gasteiger partial charge in [0.1, 0.15) is 5.78 Å². The standard InChI is InChI=1S/C22H33N3O2/c1-21-7-5-15(25-27-10-9-23)12-19(21)14(13-24)11-16-17-3-4-20(26)22(17,2)8-6-18(16)21/h12,14,16-19,25H,3-11,23H2,1-2H3/t14-,16+,17+,18+,19?,21-,22+/m1/s1. The fourth-order valence-electron chi connectivity index (χ4n) is 7.14. The number of ketones is 1. The number of carbonyl (C=O) groups is 1. The summed E-state index contributed by atoms with van der Waals surface area (Å²) in [5, 5.41) is 9.98. The first-order valence-corrected chi connectivity index (χ1v) is 10.7. The highest BCUT2D eigenvalue weighted by Gasteiger charge is 2.61. The molecule has 148 valence electrons. The molecule has 5 nitrogen and oxygen atoms in total. The highest BCUT2D eigenvalue weighted by atomic mass is 16.6. The van der Waals surface area contributed by atoms with E-state index in [1.54, 1.807) is 0 Å². The van der Waals surface area contributed by atoms with E-state index in [-0.39, 0.29) is 22.7 Å². The smallest absolute Gasteiger partial charge is 0.139 e. The van der Waals surface area contributed by atoms with Gasteiger partial charge in [-0.25, -0.2) is 0 Å². The van der Waals surface area contributed by atoms with Crippen LogP contribution in [0, 0.1) is 51.8 Å². The fourth-order valence-corrected chi connectivity index (χ4v) is 7.14. The Bertz CT molecular complexity index is 684. The van der Waals surface area contributed by atoms with Gasteiger partial charge in [-0.15, -0.1) is 0 Å². The van der Waals surface area contributed by atoms with Crippen LogP contribution in [0.4, 0.5) is 0 Å². The second-order valence-corrected chi connectivity index (χ2v) is 9.73. The number of hydrogen-bond donors (Lipinski definition) is 2. The van der Waals surface area contributed by atoms with Crippen LogP contribution >= 0.6 is 0 Å². The molecule has 0 saturated heterocycles. The second kappa shape index (κ2) is 6.90. The molecule has 3 fully saturated rings. The lowest BCUT2D eigenvalue weighted by atomic mass is 9.44. The number of nitrogens with one attached hydrogen (secondary N) is 1. The average molecular weight is 372 g/mol. The molecule has 5 heteroatoms. The van der Waals surface area contributed by atoms with E-state index in [4.69, 9.17) is 10.6 Å². The predicted molar refractivity (Wildman–Crippen MR) is 103 cm³/mol. The van der Waals surface area contributed by atoms with Gasteiger partial charge in [0, 0.05) is 30.0 Å².